The van der Waals surface area contributed by atoms with Gasteiger partial charge in [0.2, 0.25) is 0 Å². The lowest BCUT2D eigenvalue weighted by molar-refractivity contribution is -0.119. The number of hydrogen-bond donors (Lipinski definition) is 1. The lowest BCUT2D eigenvalue weighted by Crippen LogP contribution is -2.48. The second-order valence-electron chi connectivity index (χ2n) is 8.29. The van der Waals surface area contributed by atoms with Gasteiger partial charge in [-0.1, -0.05) is 60.7 Å². The minimum atomic E-state index is -1.03. The molecule has 1 amide bonds. The summed E-state index contributed by atoms with van der Waals surface area (Å²) in [7, 11) is 0. The highest BCUT2D eigenvalue weighted by Crippen LogP contribution is 2.45. The lowest BCUT2D eigenvalue weighted by Gasteiger charge is -2.42. The molecule has 3 unspecified atom stereocenters. The zero-order valence-electron chi connectivity index (χ0n) is 17.6. The summed E-state index contributed by atoms with van der Waals surface area (Å²) in [6, 6.07) is 21.8. The monoisotopic (exact) mass is 425 g/mol. The summed E-state index contributed by atoms with van der Waals surface area (Å²) < 4.78 is 6.34. The summed E-state index contributed by atoms with van der Waals surface area (Å²) in [5, 5.41) is 9.71. The maximum Gasteiger partial charge on any atom is 0.411 e. The van der Waals surface area contributed by atoms with Gasteiger partial charge in [0.25, 0.3) is 0 Å². The zero-order chi connectivity index (χ0) is 22.2. The predicted octanol–water partition coefficient (Wildman–Crippen LogP) is 6.11. The molecule has 1 N–H and O–H groups in total. The number of allylic oxidation sites excluding steroid dienone is 4. The van der Waals surface area contributed by atoms with Crippen molar-refractivity contribution >= 4 is 11.9 Å². The summed E-state index contributed by atoms with van der Waals surface area (Å²) in [6.45, 7) is 1.87. The van der Waals surface area contributed by atoms with E-state index in [-0.39, 0.29) is 17.7 Å². The molecule has 160 valence electrons. The van der Waals surface area contributed by atoms with E-state index in [1.807, 2.05) is 55.5 Å². The van der Waals surface area contributed by atoms with E-state index in [0.717, 1.165) is 22.5 Å². The fraction of sp³-hybridized carbons (Fsp3) is 0.185. The number of rotatable bonds is 3. The van der Waals surface area contributed by atoms with Crippen LogP contribution >= 0.6 is 0 Å². The van der Waals surface area contributed by atoms with Crippen LogP contribution in [0.25, 0.3) is 22.5 Å². The number of carboxylic acid groups (broad SMARTS) is 1. The molecule has 0 radical (unpaired) electrons. The molecule has 1 aromatic heterocycles. The Morgan fingerprint density at radius 2 is 1.72 bits per heavy atom. The average Bonchev–Trinajstić information content (AvgIpc) is 3.29. The third-order valence-electron chi connectivity index (χ3n) is 6.34. The number of ketones is 1. The topological polar surface area (TPSA) is 70.8 Å². The zero-order valence-corrected chi connectivity index (χ0v) is 17.6. The van der Waals surface area contributed by atoms with E-state index < -0.39 is 12.0 Å². The SMILES string of the molecule is CC1CC(c2ccc(-c3ccccc3-c3ccccc3)o2)C2C(=O)C=CC=C2N1C(=O)O. The summed E-state index contributed by atoms with van der Waals surface area (Å²) in [6.07, 6.45) is 4.36. The van der Waals surface area contributed by atoms with E-state index in [2.05, 4.69) is 18.2 Å². The molecular formula is C27H23NO4. The summed E-state index contributed by atoms with van der Waals surface area (Å²) >= 11 is 0. The van der Waals surface area contributed by atoms with Gasteiger partial charge in [0.1, 0.15) is 11.5 Å². The molecule has 32 heavy (non-hydrogen) atoms. The maximum absolute atomic E-state index is 12.8. The van der Waals surface area contributed by atoms with Gasteiger partial charge in [-0.25, -0.2) is 4.79 Å². The molecular weight excluding hydrogens is 402 g/mol. The van der Waals surface area contributed by atoms with Crippen LogP contribution in [-0.2, 0) is 4.79 Å². The van der Waals surface area contributed by atoms with Crippen LogP contribution in [0.5, 0.6) is 0 Å². The maximum atomic E-state index is 12.8. The number of benzene rings is 2. The predicted molar refractivity (Wildman–Crippen MR) is 122 cm³/mol. The molecule has 5 nitrogen and oxygen atoms in total. The minimum absolute atomic E-state index is 0.0896. The smallest absolute Gasteiger partial charge is 0.411 e. The van der Waals surface area contributed by atoms with E-state index in [4.69, 9.17) is 4.42 Å². The fourth-order valence-corrected chi connectivity index (χ4v) is 4.94. The molecule has 1 fully saturated rings. The summed E-state index contributed by atoms with van der Waals surface area (Å²) in [4.78, 5) is 26.0. The van der Waals surface area contributed by atoms with E-state index in [9.17, 15) is 14.7 Å². The van der Waals surface area contributed by atoms with Crippen LogP contribution < -0.4 is 0 Å². The number of piperidine rings is 1. The van der Waals surface area contributed by atoms with Gasteiger partial charge in [-0.2, -0.15) is 0 Å². The molecule has 1 aliphatic heterocycles. The first kappa shape index (κ1) is 20.1. The molecule has 5 heteroatoms. The van der Waals surface area contributed by atoms with Crippen molar-refractivity contribution in [2.45, 2.75) is 25.3 Å². The van der Waals surface area contributed by atoms with Crippen LogP contribution in [0.3, 0.4) is 0 Å². The van der Waals surface area contributed by atoms with Gasteiger partial charge in [0.05, 0.1) is 5.92 Å². The first-order chi connectivity index (χ1) is 15.5. The Kier molecular flexibility index (Phi) is 5.02. The van der Waals surface area contributed by atoms with E-state index >= 15 is 0 Å². The van der Waals surface area contributed by atoms with Crippen molar-refractivity contribution in [3.05, 3.63) is 96.4 Å². The summed E-state index contributed by atoms with van der Waals surface area (Å²) in [5.41, 5.74) is 3.67. The van der Waals surface area contributed by atoms with Crippen molar-refractivity contribution in [2.75, 3.05) is 0 Å². The van der Waals surface area contributed by atoms with Gasteiger partial charge >= 0.3 is 6.09 Å². The van der Waals surface area contributed by atoms with Crippen LogP contribution in [0.1, 0.15) is 25.0 Å². The van der Waals surface area contributed by atoms with Crippen molar-refractivity contribution in [2.24, 2.45) is 5.92 Å². The Bertz CT molecular complexity index is 1240. The van der Waals surface area contributed by atoms with Gasteiger partial charge in [-0.05, 0) is 48.8 Å². The normalized spacial score (nSPS) is 22.4. The first-order valence-corrected chi connectivity index (χ1v) is 10.7. The third-order valence-corrected chi connectivity index (χ3v) is 6.34. The van der Waals surface area contributed by atoms with Crippen LogP contribution in [0.2, 0.25) is 0 Å². The molecule has 3 aromatic rings. The fourth-order valence-electron chi connectivity index (χ4n) is 4.94. The Labute approximate surface area is 186 Å². The molecule has 2 aliphatic rings. The van der Waals surface area contributed by atoms with Crippen LogP contribution in [0, 0.1) is 5.92 Å². The van der Waals surface area contributed by atoms with Crippen molar-refractivity contribution < 1.29 is 19.1 Å². The molecule has 0 bridgehead atoms. The summed E-state index contributed by atoms with van der Waals surface area (Å²) in [5.74, 6) is 0.572. The third kappa shape index (κ3) is 3.36. The van der Waals surface area contributed by atoms with E-state index in [1.54, 1.807) is 12.2 Å². The number of fused-ring (bicyclic) bond motifs is 1. The van der Waals surface area contributed by atoms with Crippen LogP contribution in [-0.4, -0.2) is 27.9 Å². The standard InChI is InChI=1S/C27H23NO4/c1-17-16-21(26-22(28(17)27(30)31)12-7-13-23(26)29)25-15-14-24(32-25)20-11-6-5-10-19(20)18-8-3-2-4-9-18/h2-15,17,21,26H,16H2,1H3,(H,30,31). The quantitative estimate of drug-likeness (QED) is 0.550. The van der Waals surface area contributed by atoms with Gasteiger partial charge in [-0.3, -0.25) is 9.69 Å². The first-order valence-electron chi connectivity index (χ1n) is 10.7. The van der Waals surface area contributed by atoms with Gasteiger partial charge in [0.15, 0.2) is 5.78 Å². The molecule has 0 spiro atoms. The average molecular weight is 425 g/mol. The molecule has 5 rings (SSSR count). The molecule has 0 saturated carbocycles. The number of furan rings is 1. The molecule has 3 atom stereocenters. The van der Waals surface area contributed by atoms with Crippen LogP contribution in [0.15, 0.2) is 95.1 Å². The number of carbonyl (C=O) groups is 2. The minimum Gasteiger partial charge on any atom is -0.465 e. The molecule has 1 aliphatic carbocycles. The van der Waals surface area contributed by atoms with Gasteiger partial charge < -0.3 is 9.52 Å². The highest BCUT2D eigenvalue weighted by molar-refractivity contribution is 5.97. The van der Waals surface area contributed by atoms with E-state index in [1.165, 1.54) is 11.0 Å². The lowest BCUT2D eigenvalue weighted by atomic mass is 9.74. The number of nitrogens with zero attached hydrogens (tertiary/aromatic N) is 1. The second-order valence-corrected chi connectivity index (χ2v) is 8.29. The highest BCUT2D eigenvalue weighted by Gasteiger charge is 2.45. The Hall–Kier alpha value is -3.86. The van der Waals surface area contributed by atoms with Crippen molar-refractivity contribution in [3.8, 4) is 22.5 Å². The number of hydrogen-bond acceptors (Lipinski definition) is 3. The van der Waals surface area contributed by atoms with Crippen molar-refractivity contribution in [3.63, 3.8) is 0 Å². The number of amides is 1. The van der Waals surface area contributed by atoms with E-state index in [0.29, 0.717) is 17.9 Å². The Morgan fingerprint density at radius 3 is 2.47 bits per heavy atom. The Balaban J connectivity index is 1.54. The molecule has 2 heterocycles. The number of likely N-dealkylation sites (tertiary alicyclic amines) is 1. The molecule has 1 saturated heterocycles. The largest absolute Gasteiger partial charge is 0.465 e. The van der Waals surface area contributed by atoms with Gasteiger partial charge in [-0.15, -0.1) is 0 Å². The van der Waals surface area contributed by atoms with Crippen LogP contribution in [0.4, 0.5) is 4.79 Å². The van der Waals surface area contributed by atoms with Crippen molar-refractivity contribution in [1.82, 2.24) is 4.90 Å². The second kappa shape index (κ2) is 8.00. The van der Waals surface area contributed by atoms with Crippen molar-refractivity contribution in [1.29, 1.82) is 0 Å². The number of carbonyl (C=O) groups excluding carboxylic acids is 1. The molecule has 2 aromatic carbocycles. The highest BCUT2D eigenvalue weighted by atomic mass is 16.4. The van der Waals surface area contributed by atoms with Gasteiger partial charge in [0, 0.05) is 23.2 Å². The Morgan fingerprint density at radius 1 is 1.00 bits per heavy atom.